The number of ether oxygens (including phenoxy) is 1. The SMILES string of the molecule is C=C/C(=C\C=C/C)OC(C)(C)C(=O)O. The maximum atomic E-state index is 10.7. The van der Waals surface area contributed by atoms with Crippen LogP contribution in [0, 0.1) is 0 Å². The molecule has 0 aliphatic heterocycles. The average Bonchev–Trinajstić information content (AvgIpc) is 2.11. The van der Waals surface area contributed by atoms with Crippen LogP contribution in [0.2, 0.25) is 0 Å². The molecule has 0 aromatic carbocycles. The number of hydrogen-bond donors (Lipinski definition) is 1. The number of allylic oxidation sites excluding steroid dienone is 4. The minimum Gasteiger partial charge on any atom is -0.478 e. The highest BCUT2D eigenvalue weighted by Gasteiger charge is 2.29. The lowest BCUT2D eigenvalue weighted by molar-refractivity contribution is -0.156. The summed E-state index contributed by atoms with van der Waals surface area (Å²) in [6, 6.07) is 0. The number of aliphatic carboxylic acids is 1. The van der Waals surface area contributed by atoms with Crippen LogP contribution >= 0.6 is 0 Å². The van der Waals surface area contributed by atoms with E-state index in [1.165, 1.54) is 19.9 Å². The van der Waals surface area contributed by atoms with Gasteiger partial charge in [0.15, 0.2) is 5.60 Å². The quantitative estimate of drug-likeness (QED) is 0.543. The third-order valence-electron chi connectivity index (χ3n) is 1.54. The zero-order valence-corrected chi connectivity index (χ0v) is 8.78. The Hall–Kier alpha value is -1.51. The van der Waals surface area contributed by atoms with Crippen molar-refractivity contribution in [2.45, 2.75) is 26.4 Å². The first kappa shape index (κ1) is 12.5. The van der Waals surface area contributed by atoms with Crippen molar-refractivity contribution in [3.8, 4) is 0 Å². The lowest BCUT2D eigenvalue weighted by atomic mass is 10.1. The van der Waals surface area contributed by atoms with Crippen molar-refractivity contribution in [1.29, 1.82) is 0 Å². The standard InChI is InChI=1S/C11H16O3/c1-5-7-8-9(6-2)14-11(3,4)10(12)13/h5-8H,2H2,1,3-4H3,(H,12,13)/b7-5-,9-8+. The highest BCUT2D eigenvalue weighted by atomic mass is 16.5. The summed E-state index contributed by atoms with van der Waals surface area (Å²) in [7, 11) is 0. The van der Waals surface area contributed by atoms with Crippen LogP contribution in [0.1, 0.15) is 20.8 Å². The van der Waals surface area contributed by atoms with Crippen molar-refractivity contribution >= 4 is 5.97 Å². The fraction of sp³-hybridized carbons (Fsp3) is 0.364. The van der Waals surface area contributed by atoms with E-state index in [9.17, 15) is 4.79 Å². The number of hydrogen-bond acceptors (Lipinski definition) is 2. The van der Waals surface area contributed by atoms with Gasteiger partial charge in [-0.1, -0.05) is 18.7 Å². The van der Waals surface area contributed by atoms with Crippen molar-refractivity contribution in [2.75, 3.05) is 0 Å². The van der Waals surface area contributed by atoms with Gasteiger partial charge in [-0.25, -0.2) is 4.79 Å². The van der Waals surface area contributed by atoms with E-state index in [1.54, 1.807) is 12.2 Å². The largest absolute Gasteiger partial charge is 0.478 e. The van der Waals surface area contributed by atoms with E-state index in [2.05, 4.69) is 6.58 Å². The van der Waals surface area contributed by atoms with Crippen LogP contribution < -0.4 is 0 Å². The Labute approximate surface area is 84.4 Å². The smallest absolute Gasteiger partial charge is 0.347 e. The Morgan fingerprint density at radius 2 is 2.07 bits per heavy atom. The van der Waals surface area contributed by atoms with Gasteiger partial charge in [0.2, 0.25) is 0 Å². The van der Waals surface area contributed by atoms with Crippen molar-refractivity contribution < 1.29 is 14.6 Å². The molecule has 0 aliphatic rings. The molecule has 78 valence electrons. The van der Waals surface area contributed by atoms with Crippen molar-refractivity contribution in [3.63, 3.8) is 0 Å². The van der Waals surface area contributed by atoms with E-state index in [0.29, 0.717) is 5.76 Å². The summed E-state index contributed by atoms with van der Waals surface area (Å²) >= 11 is 0. The molecule has 0 aromatic heterocycles. The van der Waals surface area contributed by atoms with E-state index >= 15 is 0 Å². The van der Waals surface area contributed by atoms with Crippen LogP contribution in [-0.2, 0) is 9.53 Å². The molecule has 3 nitrogen and oxygen atoms in total. The van der Waals surface area contributed by atoms with Gasteiger partial charge >= 0.3 is 5.97 Å². The van der Waals surface area contributed by atoms with Crippen molar-refractivity contribution in [2.24, 2.45) is 0 Å². The first-order chi connectivity index (χ1) is 6.44. The number of carboxylic acid groups (broad SMARTS) is 1. The molecule has 0 heterocycles. The van der Waals surface area contributed by atoms with Crippen molar-refractivity contribution in [3.05, 3.63) is 36.6 Å². The van der Waals surface area contributed by atoms with Gasteiger partial charge in [0, 0.05) is 0 Å². The van der Waals surface area contributed by atoms with Gasteiger partial charge in [-0.15, -0.1) is 0 Å². The third-order valence-corrected chi connectivity index (χ3v) is 1.54. The molecule has 0 amide bonds. The van der Waals surface area contributed by atoms with Gasteiger partial charge in [0.1, 0.15) is 5.76 Å². The van der Waals surface area contributed by atoms with Crippen LogP contribution in [0.4, 0.5) is 0 Å². The molecule has 0 radical (unpaired) electrons. The van der Waals surface area contributed by atoms with Gasteiger partial charge in [-0.3, -0.25) is 0 Å². The summed E-state index contributed by atoms with van der Waals surface area (Å²) in [5.41, 5.74) is -1.23. The summed E-state index contributed by atoms with van der Waals surface area (Å²) < 4.78 is 5.24. The number of rotatable bonds is 5. The molecule has 0 saturated heterocycles. The van der Waals surface area contributed by atoms with E-state index in [0.717, 1.165) is 0 Å². The molecule has 0 bridgehead atoms. The van der Waals surface area contributed by atoms with Crippen LogP contribution in [0.15, 0.2) is 36.6 Å². The number of carbonyl (C=O) groups is 1. The molecule has 0 saturated carbocycles. The summed E-state index contributed by atoms with van der Waals surface area (Å²) in [4.78, 5) is 10.7. The van der Waals surface area contributed by atoms with E-state index in [-0.39, 0.29) is 0 Å². The van der Waals surface area contributed by atoms with Gasteiger partial charge < -0.3 is 9.84 Å². The van der Waals surface area contributed by atoms with Crippen LogP contribution in [0.25, 0.3) is 0 Å². The Bertz CT molecular complexity index is 272. The molecule has 3 heteroatoms. The van der Waals surface area contributed by atoms with Crippen LogP contribution in [0.3, 0.4) is 0 Å². The monoisotopic (exact) mass is 196 g/mol. The van der Waals surface area contributed by atoms with E-state index < -0.39 is 11.6 Å². The van der Waals surface area contributed by atoms with Crippen molar-refractivity contribution in [1.82, 2.24) is 0 Å². The van der Waals surface area contributed by atoms with Gasteiger partial charge in [0.25, 0.3) is 0 Å². The second-order valence-corrected chi connectivity index (χ2v) is 3.22. The first-order valence-corrected chi connectivity index (χ1v) is 4.32. The van der Waals surface area contributed by atoms with Gasteiger partial charge in [-0.05, 0) is 32.9 Å². The minimum absolute atomic E-state index is 0.440. The predicted molar refractivity (Wildman–Crippen MR) is 55.9 cm³/mol. The first-order valence-electron chi connectivity index (χ1n) is 4.32. The summed E-state index contributed by atoms with van der Waals surface area (Å²) in [6.45, 7) is 8.37. The lowest BCUT2D eigenvalue weighted by Crippen LogP contribution is -2.34. The minimum atomic E-state index is -1.23. The Morgan fingerprint density at radius 1 is 1.50 bits per heavy atom. The fourth-order valence-corrected chi connectivity index (χ4v) is 0.673. The highest BCUT2D eigenvalue weighted by molar-refractivity contribution is 5.76. The topological polar surface area (TPSA) is 46.5 Å². The molecular weight excluding hydrogens is 180 g/mol. The average molecular weight is 196 g/mol. The molecule has 1 N–H and O–H groups in total. The summed E-state index contributed by atoms with van der Waals surface area (Å²) in [5, 5.41) is 8.81. The van der Waals surface area contributed by atoms with E-state index in [1.807, 2.05) is 13.0 Å². The molecular formula is C11H16O3. The maximum absolute atomic E-state index is 10.7. The van der Waals surface area contributed by atoms with Gasteiger partial charge in [-0.2, -0.15) is 0 Å². The zero-order chi connectivity index (χ0) is 11.2. The van der Waals surface area contributed by atoms with Crippen LogP contribution in [-0.4, -0.2) is 16.7 Å². The third kappa shape index (κ3) is 3.94. The molecule has 0 atom stereocenters. The molecule has 14 heavy (non-hydrogen) atoms. The normalized spacial score (nSPS) is 12.9. The summed E-state index contributed by atoms with van der Waals surface area (Å²) in [5.74, 6) is -0.568. The second-order valence-electron chi connectivity index (χ2n) is 3.22. The zero-order valence-electron chi connectivity index (χ0n) is 8.78. The highest BCUT2D eigenvalue weighted by Crippen LogP contribution is 2.15. The Morgan fingerprint density at radius 3 is 2.43 bits per heavy atom. The maximum Gasteiger partial charge on any atom is 0.347 e. The van der Waals surface area contributed by atoms with E-state index in [4.69, 9.17) is 9.84 Å². The van der Waals surface area contributed by atoms with Crippen LogP contribution in [0.5, 0.6) is 0 Å². The predicted octanol–water partition coefficient (Wildman–Crippen LogP) is 2.51. The molecule has 0 aromatic rings. The Kier molecular flexibility index (Phi) is 4.70. The second kappa shape index (κ2) is 5.27. The van der Waals surface area contributed by atoms with Gasteiger partial charge in [0.05, 0.1) is 0 Å². The molecule has 0 unspecified atom stereocenters. The molecule has 0 spiro atoms. The fourth-order valence-electron chi connectivity index (χ4n) is 0.673. The molecule has 0 fully saturated rings. The lowest BCUT2D eigenvalue weighted by Gasteiger charge is -2.21. The molecule has 0 aliphatic carbocycles. The Balaban J connectivity index is 4.62. The molecule has 0 rings (SSSR count). The summed E-state index contributed by atoms with van der Waals surface area (Å²) in [6.07, 6.45) is 6.72. The number of carboxylic acids is 1.